The smallest absolute Gasteiger partial charge is 0.255 e. The predicted octanol–water partition coefficient (Wildman–Crippen LogP) is 4.42. The SMILES string of the molecule is CCS(=O)(=O)c1ccc(Cl)c(C(=O)N2CCC(C)CCC2C(C)C)c1. The Morgan fingerprint density at radius 2 is 1.96 bits per heavy atom. The van der Waals surface area contributed by atoms with E-state index in [1.807, 2.05) is 4.90 Å². The number of hydrogen-bond donors (Lipinski definition) is 0. The van der Waals surface area contributed by atoms with Gasteiger partial charge in [0.05, 0.1) is 21.2 Å². The van der Waals surface area contributed by atoms with Gasteiger partial charge in [0.2, 0.25) is 0 Å². The monoisotopic (exact) mass is 385 g/mol. The lowest BCUT2D eigenvalue weighted by atomic mass is 9.95. The summed E-state index contributed by atoms with van der Waals surface area (Å²) in [5.74, 6) is 0.765. The molecule has 1 saturated heterocycles. The molecule has 0 saturated carbocycles. The van der Waals surface area contributed by atoms with Gasteiger partial charge in [-0.05, 0) is 49.3 Å². The number of sulfone groups is 1. The average molecular weight is 386 g/mol. The highest BCUT2D eigenvalue weighted by atomic mass is 35.5. The lowest BCUT2D eigenvalue weighted by Crippen LogP contribution is -2.43. The second kappa shape index (κ2) is 8.09. The van der Waals surface area contributed by atoms with Crippen LogP contribution in [0.1, 0.15) is 57.3 Å². The van der Waals surface area contributed by atoms with Crippen LogP contribution in [0.15, 0.2) is 23.1 Å². The zero-order valence-electron chi connectivity index (χ0n) is 15.5. The summed E-state index contributed by atoms with van der Waals surface area (Å²) >= 11 is 6.26. The number of likely N-dealkylation sites (tertiary alicyclic amines) is 1. The fourth-order valence-corrected chi connectivity index (χ4v) is 4.51. The molecule has 140 valence electrons. The molecular formula is C19H28ClNO3S. The Labute approximate surface area is 156 Å². The van der Waals surface area contributed by atoms with Crippen molar-refractivity contribution >= 4 is 27.3 Å². The summed E-state index contributed by atoms with van der Waals surface area (Å²) in [5, 5.41) is 0.305. The van der Waals surface area contributed by atoms with Crippen LogP contribution in [0.4, 0.5) is 0 Å². The first kappa shape index (κ1) is 20.2. The molecule has 0 radical (unpaired) electrons. The van der Waals surface area contributed by atoms with Crippen molar-refractivity contribution in [2.45, 2.75) is 57.9 Å². The average Bonchev–Trinajstić information content (AvgIpc) is 2.76. The Balaban J connectivity index is 2.42. The maximum Gasteiger partial charge on any atom is 0.255 e. The van der Waals surface area contributed by atoms with Crippen molar-refractivity contribution in [3.05, 3.63) is 28.8 Å². The minimum absolute atomic E-state index is 0.00187. The van der Waals surface area contributed by atoms with Gasteiger partial charge in [-0.2, -0.15) is 0 Å². The molecule has 2 atom stereocenters. The van der Waals surface area contributed by atoms with Crippen LogP contribution in [0.25, 0.3) is 0 Å². The molecule has 6 heteroatoms. The summed E-state index contributed by atoms with van der Waals surface area (Å²) in [7, 11) is -3.38. The van der Waals surface area contributed by atoms with E-state index < -0.39 is 9.84 Å². The number of amides is 1. The van der Waals surface area contributed by atoms with Crippen LogP contribution in [-0.2, 0) is 9.84 Å². The van der Waals surface area contributed by atoms with E-state index in [0.717, 1.165) is 19.3 Å². The van der Waals surface area contributed by atoms with Gasteiger partial charge in [-0.25, -0.2) is 8.42 Å². The van der Waals surface area contributed by atoms with E-state index in [0.29, 0.717) is 23.4 Å². The first-order valence-corrected chi connectivity index (χ1v) is 11.0. The van der Waals surface area contributed by atoms with Crippen molar-refractivity contribution in [3.8, 4) is 0 Å². The van der Waals surface area contributed by atoms with Crippen molar-refractivity contribution in [1.82, 2.24) is 4.90 Å². The molecule has 0 N–H and O–H groups in total. The van der Waals surface area contributed by atoms with Crippen LogP contribution in [0.3, 0.4) is 0 Å². The quantitative estimate of drug-likeness (QED) is 0.770. The molecule has 1 fully saturated rings. The van der Waals surface area contributed by atoms with E-state index in [1.54, 1.807) is 6.92 Å². The largest absolute Gasteiger partial charge is 0.335 e. The highest BCUT2D eigenvalue weighted by molar-refractivity contribution is 7.91. The Kier molecular flexibility index (Phi) is 6.55. The van der Waals surface area contributed by atoms with Gasteiger partial charge >= 0.3 is 0 Å². The van der Waals surface area contributed by atoms with E-state index in [4.69, 9.17) is 11.6 Å². The third kappa shape index (κ3) is 4.56. The molecule has 2 rings (SSSR count). The summed E-state index contributed by atoms with van der Waals surface area (Å²) in [6, 6.07) is 4.58. The van der Waals surface area contributed by atoms with Crippen molar-refractivity contribution in [1.29, 1.82) is 0 Å². The number of carbonyl (C=O) groups is 1. The van der Waals surface area contributed by atoms with Crippen LogP contribution >= 0.6 is 11.6 Å². The second-order valence-electron chi connectivity index (χ2n) is 7.33. The Hall–Kier alpha value is -1.07. The number of benzene rings is 1. The van der Waals surface area contributed by atoms with E-state index in [2.05, 4.69) is 20.8 Å². The molecule has 1 aliphatic heterocycles. The normalized spacial score (nSPS) is 22.1. The molecular weight excluding hydrogens is 358 g/mol. The maximum atomic E-state index is 13.2. The first-order valence-electron chi connectivity index (χ1n) is 9.00. The fourth-order valence-electron chi connectivity index (χ4n) is 3.41. The summed E-state index contributed by atoms with van der Waals surface area (Å²) in [6.45, 7) is 8.74. The molecule has 25 heavy (non-hydrogen) atoms. The molecule has 0 spiro atoms. The van der Waals surface area contributed by atoms with Gasteiger partial charge in [0, 0.05) is 12.6 Å². The molecule has 0 bridgehead atoms. The molecule has 0 aliphatic carbocycles. The second-order valence-corrected chi connectivity index (χ2v) is 10.0. The molecule has 1 amide bonds. The lowest BCUT2D eigenvalue weighted by molar-refractivity contribution is 0.0631. The van der Waals surface area contributed by atoms with Gasteiger partial charge < -0.3 is 4.90 Å². The Morgan fingerprint density at radius 1 is 1.28 bits per heavy atom. The van der Waals surface area contributed by atoms with Crippen LogP contribution in [0, 0.1) is 11.8 Å². The topological polar surface area (TPSA) is 54.5 Å². The molecule has 1 aliphatic rings. The Bertz CT molecular complexity index is 730. The molecule has 0 aromatic heterocycles. The van der Waals surface area contributed by atoms with Crippen LogP contribution in [-0.4, -0.2) is 37.6 Å². The van der Waals surface area contributed by atoms with Crippen molar-refractivity contribution in [3.63, 3.8) is 0 Å². The third-order valence-corrected chi connectivity index (χ3v) is 7.22. The van der Waals surface area contributed by atoms with Gasteiger partial charge in [0.15, 0.2) is 9.84 Å². The zero-order chi connectivity index (χ0) is 18.8. The number of carbonyl (C=O) groups excluding carboxylic acids is 1. The highest BCUT2D eigenvalue weighted by Crippen LogP contribution is 2.30. The van der Waals surface area contributed by atoms with Crippen LogP contribution in [0.5, 0.6) is 0 Å². The van der Waals surface area contributed by atoms with Crippen LogP contribution < -0.4 is 0 Å². The van der Waals surface area contributed by atoms with Crippen molar-refractivity contribution < 1.29 is 13.2 Å². The summed E-state index contributed by atoms with van der Waals surface area (Å²) in [6.07, 6.45) is 3.03. The minimum atomic E-state index is -3.38. The number of rotatable bonds is 4. The molecule has 1 aromatic carbocycles. The van der Waals surface area contributed by atoms with Gasteiger partial charge in [0.1, 0.15) is 0 Å². The zero-order valence-corrected chi connectivity index (χ0v) is 17.0. The molecule has 4 nitrogen and oxygen atoms in total. The molecule has 1 heterocycles. The van der Waals surface area contributed by atoms with E-state index in [9.17, 15) is 13.2 Å². The van der Waals surface area contributed by atoms with E-state index in [1.165, 1.54) is 18.2 Å². The molecule has 1 aromatic rings. The Morgan fingerprint density at radius 3 is 2.56 bits per heavy atom. The lowest BCUT2D eigenvalue weighted by Gasteiger charge is -2.33. The number of hydrogen-bond acceptors (Lipinski definition) is 3. The van der Waals surface area contributed by atoms with Crippen LogP contribution in [0.2, 0.25) is 5.02 Å². The fraction of sp³-hybridized carbons (Fsp3) is 0.632. The number of halogens is 1. The standard InChI is InChI=1S/C19H28ClNO3S/c1-5-25(23,24)15-7-8-17(20)16(12-15)19(22)21-11-10-14(4)6-9-18(21)13(2)3/h7-8,12-14,18H,5-6,9-11H2,1-4H3. The van der Waals surface area contributed by atoms with Gasteiger partial charge in [-0.3, -0.25) is 4.79 Å². The third-order valence-electron chi connectivity index (χ3n) is 5.16. The van der Waals surface area contributed by atoms with E-state index in [-0.39, 0.29) is 28.2 Å². The van der Waals surface area contributed by atoms with E-state index >= 15 is 0 Å². The maximum absolute atomic E-state index is 13.2. The highest BCUT2D eigenvalue weighted by Gasteiger charge is 2.31. The van der Waals surface area contributed by atoms with Gasteiger partial charge in [0.25, 0.3) is 5.91 Å². The summed E-state index contributed by atoms with van der Waals surface area (Å²) < 4.78 is 24.3. The first-order chi connectivity index (χ1) is 11.7. The molecule has 2 unspecified atom stereocenters. The predicted molar refractivity (Wildman–Crippen MR) is 102 cm³/mol. The minimum Gasteiger partial charge on any atom is -0.335 e. The van der Waals surface area contributed by atoms with Crippen molar-refractivity contribution in [2.75, 3.05) is 12.3 Å². The van der Waals surface area contributed by atoms with Crippen molar-refractivity contribution in [2.24, 2.45) is 11.8 Å². The summed E-state index contributed by atoms with van der Waals surface area (Å²) in [4.78, 5) is 15.3. The number of nitrogens with zero attached hydrogens (tertiary/aromatic N) is 1. The van der Waals surface area contributed by atoms with Gasteiger partial charge in [-0.15, -0.1) is 0 Å². The van der Waals surface area contributed by atoms with Gasteiger partial charge in [-0.1, -0.05) is 39.3 Å². The summed E-state index contributed by atoms with van der Waals surface area (Å²) in [5.41, 5.74) is 0.288.